The number of unbranched alkanes of at least 4 members (excludes halogenated alkanes) is 5. The molecule has 1 atom stereocenters. The maximum atomic E-state index is 11.7. The van der Waals surface area contributed by atoms with Gasteiger partial charge in [-0.25, -0.2) is 0 Å². The largest absolute Gasteiger partial charge is 0.465 e. The second kappa shape index (κ2) is 8.51. The number of nitrogens with one attached hydrogen (secondary N) is 1. The van der Waals surface area contributed by atoms with E-state index in [9.17, 15) is 4.79 Å². The normalized spacial score (nSPS) is 17.5. The molecule has 1 aliphatic rings. The van der Waals surface area contributed by atoms with Crippen molar-refractivity contribution in [3.63, 3.8) is 0 Å². The van der Waals surface area contributed by atoms with Crippen LogP contribution in [0.15, 0.2) is 0 Å². The molecule has 1 fully saturated rings. The van der Waals surface area contributed by atoms with Gasteiger partial charge in [0.2, 0.25) is 0 Å². The van der Waals surface area contributed by atoms with Crippen molar-refractivity contribution in [2.45, 2.75) is 52.4 Å². The van der Waals surface area contributed by atoms with Gasteiger partial charge in [-0.05, 0) is 25.4 Å². The van der Waals surface area contributed by atoms with Crippen LogP contribution in [0.2, 0.25) is 0 Å². The van der Waals surface area contributed by atoms with E-state index in [-0.39, 0.29) is 11.9 Å². The molecule has 1 heterocycles. The van der Waals surface area contributed by atoms with Crippen molar-refractivity contribution in [1.82, 2.24) is 5.32 Å². The van der Waals surface area contributed by atoms with Crippen LogP contribution in [0.4, 0.5) is 0 Å². The van der Waals surface area contributed by atoms with Crippen LogP contribution in [0.3, 0.4) is 0 Å². The third-order valence-corrected chi connectivity index (χ3v) is 3.63. The molecule has 1 saturated heterocycles. The summed E-state index contributed by atoms with van der Waals surface area (Å²) in [4.78, 5) is 11.7. The lowest BCUT2D eigenvalue weighted by molar-refractivity contribution is -0.150. The minimum Gasteiger partial charge on any atom is -0.465 e. The predicted octanol–water partition coefficient (Wildman–Crippen LogP) is 2.75. The predicted molar refractivity (Wildman–Crippen MR) is 69.9 cm³/mol. The molecule has 0 aromatic heterocycles. The zero-order valence-electron chi connectivity index (χ0n) is 11.3. The molecule has 0 aromatic rings. The quantitative estimate of drug-likeness (QED) is 0.498. The zero-order chi connectivity index (χ0) is 12.5. The number of esters is 1. The molecule has 3 heteroatoms. The number of rotatable bonds is 9. The van der Waals surface area contributed by atoms with Crippen molar-refractivity contribution in [2.24, 2.45) is 11.8 Å². The van der Waals surface area contributed by atoms with Crippen molar-refractivity contribution in [2.75, 3.05) is 19.7 Å². The highest BCUT2D eigenvalue weighted by molar-refractivity contribution is 5.72. The van der Waals surface area contributed by atoms with Crippen molar-refractivity contribution >= 4 is 5.97 Å². The molecule has 0 bridgehead atoms. The van der Waals surface area contributed by atoms with E-state index >= 15 is 0 Å². The van der Waals surface area contributed by atoms with Gasteiger partial charge < -0.3 is 10.1 Å². The molecule has 1 aliphatic heterocycles. The maximum absolute atomic E-state index is 11.7. The summed E-state index contributed by atoms with van der Waals surface area (Å²) in [5, 5.41) is 3.19. The Kier molecular flexibility index (Phi) is 7.25. The van der Waals surface area contributed by atoms with E-state index in [2.05, 4.69) is 12.2 Å². The van der Waals surface area contributed by atoms with Gasteiger partial charge in [0.05, 0.1) is 12.5 Å². The first kappa shape index (κ1) is 14.5. The van der Waals surface area contributed by atoms with E-state index < -0.39 is 0 Å². The van der Waals surface area contributed by atoms with Crippen molar-refractivity contribution in [3.8, 4) is 0 Å². The SMILES string of the molecule is CCCCCCCCOC(=O)C(C)C1CNC1. The summed E-state index contributed by atoms with van der Waals surface area (Å²) in [7, 11) is 0. The number of ether oxygens (including phenoxy) is 1. The highest BCUT2D eigenvalue weighted by Crippen LogP contribution is 2.17. The molecule has 0 aliphatic carbocycles. The Morgan fingerprint density at radius 2 is 1.88 bits per heavy atom. The topological polar surface area (TPSA) is 38.3 Å². The highest BCUT2D eigenvalue weighted by atomic mass is 16.5. The van der Waals surface area contributed by atoms with E-state index in [1.54, 1.807) is 0 Å². The van der Waals surface area contributed by atoms with Gasteiger partial charge in [-0.3, -0.25) is 4.79 Å². The van der Waals surface area contributed by atoms with Gasteiger partial charge >= 0.3 is 5.97 Å². The van der Waals surface area contributed by atoms with Crippen molar-refractivity contribution in [3.05, 3.63) is 0 Å². The first-order chi connectivity index (χ1) is 8.25. The summed E-state index contributed by atoms with van der Waals surface area (Å²) in [6.07, 6.45) is 7.40. The minimum absolute atomic E-state index is 0.00921. The smallest absolute Gasteiger partial charge is 0.309 e. The van der Waals surface area contributed by atoms with Crippen LogP contribution < -0.4 is 5.32 Å². The van der Waals surface area contributed by atoms with Crippen LogP contribution in [0.5, 0.6) is 0 Å². The zero-order valence-corrected chi connectivity index (χ0v) is 11.3. The second-order valence-corrected chi connectivity index (χ2v) is 5.14. The monoisotopic (exact) mass is 241 g/mol. The molecule has 0 spiro atoms. The van der Waals surface area contributed by atoms with Crippen molar-refractivity contribution in [1.29, 1.82) is 0 Å². The Labute approximate surface area is 105 Å². The van der Waals surface area contributed by atoms with Crippen LogP contribution in [0.1, 0.15) is 52.4 Å². The minimum atomic E-state index is -0.00921. The van der Waals surface area contributed by atoms with Crippen LogP contribution in [-0.4, -0.2) is 25.7 Å². The average Bonchev–Trinajstić information content (AvgIpc) is 2.25. The Balaban J connectivity index is 1.92. The molecular formula is C14H27NO2. The summed E-state index contributed by atoms with van der Waals surface area (Å²) in [5.74, 6) is 0.549. The third kappa shape index (κ3) is 5.53. The summed E-state index contributed by atoms with van der Waals surface area (Å²) in [6, 6.07) is 0. The molecule has 1 rings (SSSR count). The molecule has 100 valence electrons. The van der Waals surface area contributed by atoms with E-state index in [1.807, 2.05) is 6.92 Å². The van der Waals surface area contributed by atoms with Gasteiger partial charge in [-0.15, -0.1) is 0 Å². The van der Waals surface area contributed by atoms with Gasteiger partial charge in [-0.2, -0.15) is 0 Å². The summed E-state index contributed by atoms with van der Waals surface area (Å²) in [6.45, 7) is 6.74. The number of hydrogen-bond donors (Lipinski definition) is 1. The van der Waals surface area contributed by atoms with Crippen LogP contribution in [-0.2, 0) is 9.53 Å². The van der Waals surface area contributed by atoms with E-state index in [0.717, 1.165) is 19.5 Å². The Bertz CT molecular complexity index is 214. The van der Waals surface area contributed by atoms with Crippen LogP contribution >= 0.6 is 0 Å². The maximum Gasteiger partial charge on any atom is 0.309 e. The number of carbonyl (C=O) groups is 1. The molecule has 0 aromatic carbocycles. The Hall–Kier alpha value is -0.570. The lowest BCUT2D eigenvalue weighted by atomic mass is 9.89. The van der Waals surface area contributed by atoms with Crippen molar-refractivity contribution < 1.29 is 9.53 Å². The lowest BCUT2D eigenvalue weighted by Gasteiger charge is -2.31. The average molecular weight is 241 g/mol. The fourth-order valence-corrected chi connectivity index (χ4v) is 2.04. The van der Waals surface area contributed by atoms with Gasteiger partial charge in [0, 0.05) is 0 Å². The molecule has 17 heavy (non-hydrogen) atoms. The standard InChI is InChI=1S/C14H27NO2/c1-3-4-5-6-7-8-9-17-14(16)12(2)13-10-15-11-13/h12-13,15H,3-11H2,1-2H3. The number of carbonyl (C=O) groups excluding carboxylic acids is 1. The van der Waals surface area contributed by atoms with Crippen LogP contribution in [0, 0.1) is 11.8 Å². The third-order valence-electron chi connectivity index (χ3n) is 3.63. The Morgan fingerprint density at radius 3 is 2.47 bits per heavy atom. The van der Waals surface area contributed by atoms with Crippen LogP contribution in [0.25, 0.3) is 0 Å². The fraction of sp³-hybridized carbons (Fsp3) is 0.929. The molecule has 0 radical (unpaired) electrons. The van der Waals surface area contributed by atoms with Gasteiger partial charge in [-0.1, -0.05) is 46.0 Å². The lowest BCUT2D eigenvalue weighted by Crippen LogP contribution is -2.47. The summed E-state index contributed by atoms with van der Waals surface area (Å²) < 4.78 is 5.30. The molecule has 3 nitrogen and oxygen atoms in total. The Morgan fingerprint density at radius 1 is 1.24 bits per heavy atom. The van der Waals surface area contributed by atoms with Gasteiger partial charge in [0.25, 0.3) is 0 Å². The number of hydrogen-bond acceptors (Lipinski definition) is 3. The highest BCUT2D eigenvalue weighted by Gasteiger charge is 2.29. The molecular weight excluding hydrogens is 214 g/mol. The van der Waals surface area contributed by atoms with E-state index in [0.29, 0.717) is 12.5 Å². The summed E-state index contributed by atoms with van der Waals surface area (Å²) in [5.41, 5.74) is 0. The van der Waals surface area contributed by atoms with E-state index in [4.69, 9.17) is 4.74 Å². The molecule has 0 saturated carbocycles. The van der Waals surface area contributed by atoms with E-state index in [1.165, 1.54) is 32.1 Å². The molecule has 1 N–H and O–H groups in total. The second-order valence-electron chi connectivity index (χ2n) is 5.14. The van der Waals surface area contributed by atoms with Gasteiger partial charge in [0.1, 0.15) is 0 Å². The first-order valence-corrected chi connectivity index (χ1v) is 7.13. The summed E-state index contributed by atoms with van der Waals surface area (Å²) >= 11 is 0. The first-order valence-electron chi connectivity index (χ1n) is 7.13. The molecule has 0 amide bonds. The fourth-order valence-electron chi connectivity index (χ4n) is 2.04. The van der Waals surface area contributed by atoms with Gasteiger partial charge in [0.15, 0.2) is 0 Å². The molecule has 1 unspecified atom stereocenters.